The van der Waals surface area contributed by atoms with Crippen LogP contribution in [0.15, 0.2) is 51.9 Å². The first kappa shape index (κ1) is 21.3. The molecule has 1 fully saturated rings. The molecule has 1 saturated heterocycles. The molecule has 0 bridgehead atoms. The Morgan fingerprint density at radius 2 is 1.90 bits per heavy atom. The van der Waals surface area contributed by atoms with E-state index in [-0.39, 0.29) is 17.5 Å². The summed E-state index contributed by atoms with van der Waals surface area (Å²) in [7, 11) is 0. The Labute approximate surface area is 182 Å². The SMILES string of the molecule is CCCCn1nc(C(=O)NC[C@@H](c2ccco2)N2CCCCC2)c2ccccc2c1=O. The summed E-state index contributed by atoms with van der Waals surface area (Å²) < 4.78 is 7.11. The Bertz CT molecular complexity index is 1070. The molecule has 7 heteroatoms. The minimum Gasteiger partial charge on any atom is -0.468 e. The standard InChI is InChI=1S/C24H30N4O3/c1-2-3-15-28-24(30)19-11-6-5-10-18(19)22(26-28)23(29)25-17-20(21-12-9-16-31-21)27-13-7-4-8-14-27/h5-6,9-12,16,20H,2-4,7-8,13-15,17H2,1H3,(H,25,29)/t20-/m0/s1. The molecule has 1 aromatic carbocycles. The highest BCUT2D eigenvalue weighted by Crippen LogP contribution is 2.24. The molecule has 2 aromatic heterocycles. The number of furan rings is 1. The fourth-order valence-corrected chi connectivity index (χ4v) is 4.26. The van der Waals surface area contributed by atoms with E-state index in [0.717, 1.165) is 44.5 Å². The van der Waals surface area contributed by atoms with Crippen LogP contribution >= 0.6 is 0 Å². The van der Waals surface area contributed by atoms with Crippen molar-refractivity contribution in [3.8, 4) is 0 Å². The molecule has 1 N–H and O–H groups in total. The van der Waals surface area contributed by atoms with Gasteiger partial charge in [-0.1, -0.05) is 38.0 Å². The second-order valence-corrected chi connectivity index (χ2v) is 8.11. The lowest BCUT2D eigenvalue weighted by Gasteiger charge is -2.33. The number of aromatic nitrogens is 2. The first-order chi connectivity index (χ1) is 15.2. The number of likely N-dealkylation sites (tertiary alicyclic amines) is 1. The zero-order chi connectivity index (χ0) is 21.6. The normalized spacial score (nSPS) is 15.8. The average Bonchev–Trinajstić information content (AvgIpc) is 3.34. The molecule has 0 unspecified atom stereocenters. The van der Waals surface area contributed by atoms with E-state index in [1.807, 2.05) is 24.3 Å². The van der Waals surface area contributed by atoms with Crippen molar-refractivity contribution in [2.24, 2.45) is 0 Å². The maximum atomic E-state index is 13.2. The van der Waals surface area contributed by atoms with Crippen LogP contribution in [0.3, 0.4) is 0 Å². The number of carbonyl (C=O) groups is 1. The van der Waals surface area contributed by atoms with E-state index in [9.17, 15) is 9.59 Å². The smallest absolute Gasteiger partial charge is 0.274 e. The van der Waals surface area contributed by atoms with Crippen molar-refractivity contribution in [2.45, 2.75) is 51.6 Å². The predicted molar refractivity (Wildman–Crippen MR) is 120 cm³/mol. The maximum Gasteiger partial charge on any atom is 0.274 e. The van der Waals surface area contributed by atoms with Gasteiger partial charge < -0.3 is 9.73 Å². The molecule has 1 aliphatic rings. The van der Waals surface area contributed by atoms with Gasteiger partial charge in [0.05, 0.1) is 17.7 Å². The molecule has 4 rings (SSSR count). The van der Waals surface area contributed by atoms with E-state index >= 15 is 0 Å². The lowest BCUT2D eigenvalue weighted by atomic mass is 10.1. The maximum absolute atomic E-state index is 13.2. The number of hydrogen-bond donors (Lipinski definition) is 1. The number of hydrogen-bond acceptors (Lipinski definition) is 5. The zero-order valence-electron chi connectivity index (χ0n) is 18.0. The van der Waals surface area contributed by atoms with Crippen LogP contribution in [0.4, 0.5) is 0 Å². The molecule has 1 aliphatic heterocycles. The second-order valence-electron chi connectivity index (χ2n) is 8.11. The van der Waals surface area contributed by atoms with Crippen LogP contribution in [-0.4, -0.2) is 40.2 Å². The van der Waals surface area contributed by atoms with Gasteiger partial charge in [0.1, 0.15) is 5.76 Å². The van der Waals surface area contributed by atoms with Gasteiger partial charge in [0.25, 0.3) is 11.5 Å². The van der Waals surface area contributed by atoms with Crippen LogP contribution in [0, 0.1) is 0 Å². The van der Waals surface area contributed by atoms with Gasteiger partial charge in [-0.2, -0.15) is 5.10 Å². The quantitative estimate of drug-likeness (QED) is 0.598. The van der Waals surface area contributed by atoms with Gasteiger partial charge in [0.15, 0.2) is 5.69 Å². The third-order valence-corrected chi connectivity index (χ3v) is 5.97. The van der Waals surface area contributed by atoms with Gasteiger partial charge in [0, 0.05) is 18.5 Å². The van der Waals surface area contributed by atoms with Crippen molar-refractivity contribution >= 4 is 16.7 Å². The van der Waals surface area contributed by atoms with Gasteiger partial charge in [-0.3, -0.25) is 14.5 Å². The molecular weight excluding hydrogens is 392 g/mol. The number of rotatable bonds is 8. The Morgan fingerprint density at radius 1 is 1.13 bits per heavy atom. The minimum absolute atomic E-state index is 0.0171. The summed E-state index contributed by atoms with van der Waals surface area (Å²) in [5, 5.41) is 8.62. The van der Waals surface area contributed by atoms with Crippen molar-refractivity contribution in [3.05, 3.63) is 64.5 Å². The largest absolute Gasteiger partial charge is 0.468 e. The second kappa shape index (κ2) is 9.92. The number of fused-ring (bicyclic) bond motifs is 1. The van der Waals surface area contributed by atoms with Gasteiger partial charge in [-0.15, -0.1) is 0 Å². The van der Waals surface area contributed by atoms with E-state index < -0.39 is 0 Å². The summed E-state index contributed by atoms with van der Waals surface area (Å²) in [5.41, 5.74) is 0.144. The fourth-order valence-electron chi connectivity index (χ4n) is 4.26. The molecule has 0 aliphatic carbocycles. The summed E-state index contributed by atoms with van der Waals surface area (Å²) in [6, 6.07) is 11.0. The number of benzene rings is 1. The molecule has 31 heavy (non-hydrogen) atoms. The molecule has 1 atom stereocenters. The third-order valence-electron chi connectivity index (χ3n) is 5.97. The molecule has 0 radical (unpaired) electrons. The molecule has 3 heterocycles. The van der Waals surface area contributed by atoms with Crippen LogP contribution in [-0.2, 0) is 6.54 Å². The van der Waals surface area contributed by atoms with E-state index in [0.29, 0.717) is 29.6 Å². The topological polar surface area (TPSA) is 80.4 Å². The highest BCUT2D eigenvalue weighted by Gasteiger charge is 2.26. The Morgan fingerprint density at radius 3 is 2.61 bits per heavy atom. The van der Waals surface area contributed by atoms with Gasteiger partial charge in [0.2, 0.25) is 0 Å². The van der Waals surface area contributed by atoms with Crippen LogP contribution in [0.25, 0.3) is 10.8 Å². The van der Waals surface area contributed by atoms with Crippen LogP contribution in [0.2, 0.25) is 0 Å². The van der Waals surface area contributed by atoms with Crippen LogP contribution in [0.5, 0.6) is 0 Å². The number of aryl methyl sites for hydroxylation is 1. The lowest BCUT2D eigenvalue weighted by Crippen LogP contribution is -2.41. The first-order valence-corrected chi connectivity index (χ1v) is 11.2. The number of unbranched alkanes of at least 4 members (excludes halogenated alkanes) is 1. The molecule has 0 spiro atoms. The summed E-state index contributed by atoms with van der Waals surface area (Å²) in [6.07, 6.45) is 7.00. The molecule has 3 aromatic rings. The highest BCUT2D eigenvalue weighted by molar-refractivity contribution is 6.04. The predicted octanol–water partition coefficient (Wildman–Crippen LogP) is 3.75. The van der Waals surface area contributed by atoms with E-state index in [2.05, 4.69) is 22.2 Å². The molecule has 1 amide bonds. The van der Waals surface area contributed by atoms with E-state index in [1.54, 1.807) is 18.4 Å². The van der Waals surface area contributed by atoms with Crippen LogP contribution < -0.4 is 10.9 Å². The number of amides is 1. The van der Waals surface area contributed by atoms with Crippen molar-refractivity contribution in [1.29, 1.82) is 0 Å². The van der Waals surface area contributed by atoms with E-state index in [4.69, 9.17) is 4.42 Å². The molecule has 164 valence electrons. The Hall–Kier alpha value is -2.93. The number of piperidine rings is 1. The number of nitrogens with zero attached hydrogens (tertiary/aromatic N) is 3. The number of nitrogens with one attached hydrogen (secondary N) is 1. The minimum atomic E-state index is -0.269. The van der Waals surface area contributed by atoms with Crippen molar-refractivity contribution in [3.63, 3.8) is 0 Å². The van der Waals surface area contributed by atoms with E-state index in [1.165, 1.54) is 11.1 Å². The molecule has 0 saturated carbocycles. The van der Waals surface area contributed by atoms with Gasteiger partial charge in [-0.05, 0) is 50.6 Å². The number of carbonyl (C=O) groups excluding carboxylic acids is 1. The fraction of sp³-hybridized carbons (Fsp3) is 0.458. The molecule has 7 nitrogen and oxygen atoms in total. The van der Waals surface area contributed by atoms with Crippen molar-refractivity contribution < 1.29 is 9.21 Å². The molecular formula is C24H30N4O3. The average molecular weight is 423 g/mol. The first-order valence-electron chi connectivity index (χ1n) is 11.2. The zero-order valence-corrected chi connectivity index (χ0v) is 18.0. The Balaban J connectivity index is 1.60. The van der Waals surface area contributed by atoms with Gasteiger partial charge >= 0.3 is 0 Å². The van der Waals surface area contributed by atoms with Gasteiger partial charge in [-0.25, -0.2) is 4.68 Å². The van der Waals surface area contributed by atoms with Crippen molar-refractivity contribution in [1.82, 2.24) is 20.0 Å². The summed E-state index contributed by atoms with van der Waals surface area (Å²) in [5.74, 6) is 0.586. The summed E-state index contributed by atoms with van der Waals surface area (Å²) in [4.78, 5) is 28.4. The third kappa shape index (κ3) is 4.71. The lowest BCUT2D eigenvalue weighted by molar-refractivity contribution is 0.0908. The monoisotopic (exact) mass is 422 g/mol. The summed E-state index contributed by atoms with van der Waals surface area (Å²) in [6.45, 7) is 4.98. The highest BCUT2D eigenvalue weighted by atomic mass is 16.3. The Kier molecular flexibility index (Phi) is 6.82. The van der Waals surface area contributed by atoms with Crippen LogP contribution in [0.1, 0.15) is 61.3 Å². The summed E-state index contributed by atoms with van der Waals surface area (Å²) >= 11 is 0. The van der Waals surface area contributed by atoms with Crippen molar-refractivity contribution in [2.75, 3.05) is 19.6 Å².